The zero-order valence-electron chi connectivity index (χ0n) is 18.5. The predicted octanol–water partition coefficient (Wildman–Crippen LogP) is 3.33. The van der Waals surface area contributed by atoms with Crippen LogP contribution in [0.5, 0.6) is 0 Å². The molecule has 0 radical (unpaired) electrons. The number of benzene rings is 1. The van der Waals surface area contributed by atoms with Crippen molar-refractivity contribution in [1.82, 2.24) is 15.0 Å². The van der Waals surface area contributed by atoms with E-state index in [1.807, 2.05) is 24.3 Å². The fourth-order valence-corrected chi connectivity index (χ4v) is 5.31. The Kier molecular flexibility index (Phi) is 6.94. The summed E-state index contributed by atoms with van der Waals surface area (Å²) < 4.78 is 39.2. The number of hydrogen-bond donors (Lipinski definition) is 5. The van der Waals surface area contributed by atoms with Crippen LogP contribution in [0.4, 0.5) is 24.9 Å². The summed E-state index contributed by atoms with van der Waals surface area (Å²) in [6, 6.07) is 6.82. The van der Waals surface area contributed by atoms with Crippen LogP contribution in [0.3, 0.4) is 0 Å². The summed E-state index contributed by atoms with van der Waals surface area (Å²) in [4.78, 5) is 13.1. The smallest absolute Gasteiger partial charge is 0.393 e. The molecule has 8 nitrogen and oxygen atoms in total. The zero-order chi connectivity index (χ0) is 24.6. The van der Waals surface area contributed by atoms with Crippen LogP contribution in [0.1, 0.15) is 25.5 Å². The van der Waals surface area contributed by atoms with Gasteiger partial charge in [0.05, 0.1) is 39.7 Å². The summed E-state index contributed by atoms with van der Waals surface area (Å²) >= 11 is 1.39. The summed E-state index contributed by atoms with van der Waals surface area (Å²) in [5, 5.41) is 37.1. The first kappa shape index (κ1) is 24.6. The number of aliphatic hydroxyl groups is 3. The number of aromatic nitrogens is 3. The van der Waals surface area contributed by atoms with E-state index in [4.69, 9.17) is 0 Å². The van der Waals surface area contributed by atoms with Gasteiger partial charge in [-0.2, -0.15) is 18.2 Å². The normalized spacial score (nSPS) is 23.9. The first-order chi connectivity index (χ1) is 16.1. The fourth-order valence-electron chi connectivity index (χ4n) is 4.24. The van der Waals surface area contributed by atoms with E-state index in [2.05, 4.69) is 25.6 Å². The Labute approximate surface area is 197 Å². The molecule has 2 heterocycles. The van der Waals surface area contributed by atoms with Crippen molar-refractivity contribution < 1.29 is 28.5 Å². The van der Waals surface area contributed by atoms with Crippen LogP contribution in [0, 0.1) is 12.8 Å². The lowest BCUT2D eigenvalue weighted by molar-refractivity contribution is -0.115. The molecule has 0 saturated heterocycles. The van der Waals surface area contributed by atoms with Crippen molar-refractivity contribution in [3.63, 3.8) is 0 Å². The molecule has 4 rings (SSSR count). The van der Waals surface area contributed by atoms with Crippen LogP contribution >= 0.6 is 11.3 Å². The number of hydrogen-bond acceptors (Lipinski definition) is 9. The molecule has 5 atom stereocenters. The molecule has 1 aliphatic rings. The molecule has 0 aliphatic heterocycles. The van der Waals surface area contributed by atoms with E-state index < -0.39 is 43.0 Å². The van der Waals surface area contributed by atoms with Crippen molar-refractivity contribution in [3.8, 4) is 10.6 Å². The van der Waals surface area contributed by atoms with Crippen molar-refractivity contribution in [2.24, 2.45) is 5.92 Å². The van der Waals surface area contributed by atoms with Gasteiger partial charge in [0, 0.05) is 5.92 Å². The maximum Gasteiger partial charge on any atom is 0.405 e. The molecule has 2 aromatic heterocycles. The number of nitrogens with one attached hydrogen (secondary N) is 2. The van der Waals surface area contributed by atoms with Gasteiger partial charge in [0.2, 0.25) is 5.95 Å². The molecule has 1 unspecified atom stereocenters. The summed E-state index contributed by atoms with van der Waals surface area (Å²) in [6.07, 6.45) is -6.93. The van der Waals surface area contributed by atoms with Gasteiger partial charge >= 0.3 is 6.18 Å². The Balaban J connectivity index is 1.72. The second-order valence-electron chi connectivity index (χ2n) is 8.42. The maximum atomic E-state index is 12.8. The second kappa shape index (κ2) is 9.61. The first-order valence-corrected chi connectivity index (χ1v) is 11.7. The summed E-state index contributed by atoms with van der Waals surface area (Å²) in [7, 11) is 0. The minimum absolute atomic E-state index is 0.194. The number of halogens is 3. The Morgan fingerprint density at radius 1 is 1.15 bits per heavy atom. The number of para-hydroxylation sites is 1. The van der Waals surface area contributed by atoms with Crippen LogP contribution in [0.15, 0.2) is 24.3 Å². The van der Waals surface area contributed by atoms with E-state index in [1.54, 1.807) is 13.8 Å². The van der Waals surface area contributed by atoms with E-state index in [0.717, 1.165) is 10.2 Å². The van der Waals surface area contributed by atoms with Gasteiger partial charge in [0.25, 0.3) is 0 Å². The number of aryl methyl sites for hydroxylation is 1. The van der Waals surface area contributed by atoms with Gasteiger partial charge in [0.1, 0.15) is 23.5 Å². The third kappa shape index (κ3) is 5.09. The van der Waals surface area contributed by atoms with Crippen LogP contribution in [-0.2, 0) is 0 Å². The SMILES string of the molecule is CCC(O)[C@H]1C[C@@H](Nc2nc(NCC(F)(F)F)nc(C)c2-c2nc3ccccc3s2)[C@H](O)[C@@H]1O. The highest BCUT2D eigenvalue weighted by Gasteiger charge is 2.44. The highest BCUT2D eigenvalue weighted by Crippen LogP contribution is 2.38. The highest BCUT2D eigenvalue weighted by molar-refractivity contribution is 7.21. The van der Waals surface area contributed by atoms with E-state index in [9.17, 15) is 28.5 Å². The topological polar surface area (TPSA) is 123 Å². The van der Waals surface area contributed by atoms with Crippen LogP contribution in [-0.4, -0.2) is 67.3 Å². The molecule has 5 N–H and O–H groups in total. The Hall–Kier alpha value is -2.54. The highest BCUT2D eigenvalue weighted by atomic mass is 32.1. The predicted molar refractivity (Wildman–Crippen MR) is 124 cm³/mol. The molecule has 184 valence electrons. The third-order valence-electron chi connectivity index (χ3n) is 6.01. The molecule has 12 heteroatoms. The largest absolute Gasteiger partial charge is 0.405 e. The zero-order valence-corrected chi connectivity index (χ0v) is 19.4. The van der Waals surface area contributed by atoms with Gasteiger partial charge in [0.15, 0.2) is 0 Å². The Bertz CT molecular complexity index is 1130. The van der Waals surface area contributed by atoms with Crippen LogP contribution in [0.25, 0.3) is 20.8 Å². The Morgan fingerprint density at radius 3 is 2.56 bits per heavy atom. The van der Waals surface area contributed by atoms with Gasteiger partial charge in [-0.25, -0.2) is 9.97 Å². The van der Waals surface area contributed by atoms with E-state index in [1.165, 1.54) is 11.3 Å². The molecule has 34 heavy (non-hydrogen) atoms. The monoisotopic (exact) mass is 497 g/mol. The molecular weight excluding hydrogens is 471 g/mol. The number of anilines is 2. The minimum atomic E-state index is -4.45. The number of alkyl halides is 3. The summed E-state index contributed by atoms with van der Waals surface area (Å²) in [5.74, 6) is -0.575. The summed E-state index contributed by atoms with van der Waals surface area (Å²) in [6.45, 7) is 2.13. The molecule has 1 saturated carbocycles. The number of fused-ring (bicyclic) bond motifs is 1. The Morgan fingerprint density at radius 2 is 1.88 bits per heavy atom. The third-order valence-corrected chi connectivity index (χ3v) is 7.06. The van der Waals surface area contributed by atoms with Crippen molar-refractivity contribution in [1.29, 1.82) is 0 Å². The van der Waals surface area contributed by atoms with Crippen molar-refractivity contribution in [2.45, 2.75) is 57.2 Å². The van der Waals surface area contributed by atoms with Crippen molar-refractivity contribution in [3.05, 3.63) is 30.0 Å². The number of nitrogens with zero attached hydrogens (tertiary/aromatic N) is 3. The second-order valence-corrected chi connectivity index (χ2v) is 9.45. The molecular formula is C22H26F3N5O3S. The van der Waals surface area contributed by atoms with E-state index in [-0.39, 0.29) is 18.2 Å². The van der Waals surface area contributed by atoms with Crippen LogP contribution < -0.4 is 10.6 Å². The number of thiazole rings is 1. The lowest BCUT2D eigenvalue weighted by atomic mass is 9.96. The lowest BCUT2D eigenvalue weighted by Gasteiger charge is -2.21. The van der Waals surface area contributed by atoms with E-state index in [0.29, 0.717) is 22.7 Å². The standard InChI is InChI=1S/C22H26F3N5O3S/c1-3-14(31)11-8-13(18(33)17(11)32)28-19-16(20-29-12-6-4-5-7-15(12)34-20)10(2)27-21(30-19)26-9-22(23,24)25/h4-7,11,13-14,17-18,31-33H,3,8-9H2,1-2H3,(H2,26,27,28,30)/t11-,13-,14?,17-,18+/m1/s1. The number of rotatable bonds is 7. The molecule has 0 amide bonds. The minimum Gasteiger partial charge on any atom is -0.393 e. The van der Waals surface area contributed by atoms with Gasteiger partial charge in [-0.3, -0.25) is 0 Å². The van der Waals surface area contributed by atoms with Gasteiger partial charge in [-0.15, -0.1) is 11.3 Å². The van der Waals surface area contributed by atoms with Crippen molar-refractivity contribution in [2.75, 3.05) is 17.2 Å². The summed E-state index contributed by atoms with van der Waals surface area (Å²) in [5.41, 5.74) is 1.66. The van der Waals surface area contributed by atoms with E-state index >= 15 is 0 Å². The molecule has 1 fully saturated rings. The van der Waals surface area contributed by atoms with Crippen molar-refractivity contribution >= 4 is 33.3 Å². The van der Waals surface area contributed by atoms with Gasteiger partial charge in [-0.05, 0) is 31.9 Å². The molecule has 3 aromatic rings. The fraction of sp³-hybridized carbons (Fsp3) is 0.500. The first-order valence-electron chi connectivity index (χ1n) is 10.9. The molecule has 0 bridgehead atoms. The molecule has 0 spiro atoms. The van der Waals surface area contributed by atoms with Crippen LogP contribution in [0.2, 0.25) is 0 Å². The molecule has 1 aromatic carbocycles. The maximum absolute atomic E-state index is 12.8. The molecule has 1 aliphatic carbocycles. The number of aliphatic hydroxyl groups excluding tert-OH is 3. The average Bonchev–Trinajstić information content (AvgIpc) is 3.33. The average molecular weight is 498 g/mol. The lowest BCUT2D eigenvalue weighted by Crippen LogP contribution is -2.37. The van der Waals surface area contributed by atoms with Gasteiger partial charge < -0.3 is 26.0 Å². The quantitative estimate of drug-likeness (QED) is 0.337. The van der Waals surface area contributed by atoms with Gasteiger partial charge in [-0.1, -0.05) is 19.1 Å².